The molecule has 1 aliphatic heterocycles. The van der Waals surface area contributed by atoms with Crippen LogP contribution in [0.25, 0.3) is 0 Å². The summed E-state index contributed by atoms with van der Waals surface area (Å²) in [4.78, 5) is 27.3. The number of amides is 1. The number of anilines is 1. The molecule has 0 aromatic carbocycles. The van der Waals surface area contributed by atoms with Crippen molar-refractivity contribution in [3.8, 4) is 0 Å². The Hall–Kier alpha value is -1.65. The standard InChI is InChI=1S/C16H24FN3O5S/c1-2-3-4-5-6-7-24-16(23)19-14-11(17)8-20(15(22)18-14)12-10-26-13(9-21)25-12/h8,12-13,21H,2-7,9-10H2,1H3,(H,18,19,22,23)/t12-,13+/m0/s1. The molecule has 10 heteroatoms. The third kappa shape index (κ3) is 5.96. The van der Waals surface area contributed by atoms with E-state index in [1.165, 1.54) is 11.8 Å². The number of unbranched alkanes of at least 4 members (excludes halogenated alkanes) is 4. The summed E-state index contributed by atoms with van der Waals surface area (Å²) in [5, 5.41) is 11.2. The monoisotopic (exact) mass is 389 g/mol. The van der Waals surface area contributed by atoms with Crippen molar-refractivity contribution in [1.82, 2.24) is 9.55 Å². The summed E-state index contributed by atoms with van der Waals surface area (Å²) in [5.74, 6) is -0.962. The van der Waals surface area contributed by atoms with Gasteiger partial charge >= 0.3 is 11.8 Å². The number of aromatic nitrogens is 2. The molecule has 0 radical (unpaired) electrons. The van der Waals surface area contributed by atoms with E-state index in [0.717, 1.165) is 42.9 Å². The second kappa shape index (κ2) is 10.5. The highest BCUT2D eigenvalue weighted by Gasteiger charge is 2.28. The first-order chi connectivity index (χ1) is 12.5. The normalized spacial score (nSPS) is 19.5. The van der Waals surface area contributed by atoms with E-state index in [9.17, 15) is 14.0 Å². The lowest BCUT2D eigenvalue weighted by molar-refractivity contribution is -0.00677. The molecule has 8 nitrogen and oxygen atoms in total. The minimum Gasteiger partial charge on any atom is -0.449 e. The van der Waals surface area contributed by atoms with Gasteiger partial charge in [0.25, 0.3) is 0 Å². The van der Waals surface area contributed by atoms with Crippen molar-refractivity contribution < 1.29 is 23.8 Å². The molecule has 1 amide bonds. The molecule has 0 bridgehead atoms. The van der Waals surface area contributed by atoms with Gasteiger partial charge < -0.3 is 14.6 Å². The number of nitrogens with zero attached hydrogens (tertiary/aromatic N) is 2. The number of rotatable bonds is 9. The van der Waals surface area contributed by atoms with Gasteiger partial charge in [-0.25, -0.2) is 14.0 Å². The van der Waals surface area contributed by atoms with Crippen molar-refractivity contribution in [1.29, 1.82) is 0 Å². The van der Waals surface area contributed by atoms with Crippen molar-refractivity contribution in [2.75, 3.05) is 24.3 Å². The van der Waals surface area contributed by atoms with Gasteiger partial charge in [-0.1, -0.05) is 32.6 Å². The van der Waals surface area contributed by atoms with Gasteiger partial charge in [0.05, 0.1) is 19.4 Å². The number of hydrogen-bond acceptors (Lipinski definition) is 7. The molecule has 1 aromatic rings. The van der Waals surface area contributed by atoms with E-state index in [0.29, 0.717) is 5.75 Å². The second-order valence-corrected chi connectivity index (χ2v) is 7.03. The highest BCUT2D eigenvalue weighted by Crippen LogP contribution is 2.30. The smallest absolute Gasteiger partial charge is 0.412 e. The predicted molar refractivity (Wildman–Crippen MR) is 95.6 cm³/mol. The number of aliphatic hydroxyl groups excluding tert-OH is 1. The molecule has 26 heavy (non-hydrogen) atoms. The van der Waals surface area contributed by atoms with Crippen LogP contribution in [0.4, 0.5) is 15.0 Å². The molecule has 2 N–H and O–H groups in total. The zero-order valence-corrected chi connectivity index (χ0v) is 15.5. The molecule has 0 spiro atoms. The lowest BCUT2D eigenvalue weighted by Crippen LogP contribution is -2.30. The van der Waals surface area contributed by atoms with Crippen LogP contribution in [0.5, 0.6) is 0 Å². The van der Waals surface area contributed by atoms with Gasteiger partial charge in [0, 0.05) is 5.75 Å². The number of halogens is 1. The Balaban J connectivity index is 1.87. The number of carbonyl (C=O) groups excluding carboxylic acids is 1. The first kappa shape index (κ1) is 20.7. The van der Waals surface area contributed by atoms with E-state index in [-0.39, 0.29) is 13.2 Å². The lowest BCUT2D eigenvalue weighted by atomic mass is 10.2. The van der Waals surface area contributed by atoms with E-state index >= 15 is 0 Å². The Morgan fingerprint density at radius 3 is 2.96 bits per heavy atom. The van der Waals surface area contributed by atoms with Crippen molar-refractivity contribution >= 4 is 23.7 Å². The summed E-state index contributed by atoms with van der Waals surface area (Å²) in [6.07, 6.45) is 4.40. The summed E-state index contributed by atoms with van der Waals surface area (Å²) >= 11 is 1.32. The topological polar surface area (TPSA) is 103 Å². The molecule has 2 heterocycles. The van der Waals surface area contributed by atoms with Gasteiger partial charge in [-0.2, -0.15) is 4.98 Å². The van der Waals surface area contributed by atoms with Gasteiger partial charge in [0.2, 0.25) is 0 Å². The van der Waals surface area contributed by atoms with Crippen molar-refractivity contribution in [2.45, 2.75) is 50.7 Å². The van der Waals surface area contributed by atoms with Crippen LogP contribution in [0.1, 0.15) is 45.3 Å². The number of aliphatic hydroxyl groups is 1. The molecule has 1 saturated heterocycles. The predicted octanol–water partition coefficient (Wildman–Crippen LogP) is 2.48. The molecule has 0 unspecified atom stereocenters. The third-order valence-corrected chi connectivity index (χ3v) is 4.91. The Labute approximate surface area is 155 Å². The summed E-state index contributed by atoms with van der Waals surface area (Å²) in [7, 11) is 0. The number of nitrogens with one attached hydrogen (secondary N) is 1. The summed E-state index contributed by atoms with van der Waals surface area (Å²) in [6, 6.07) is 0. The molecule has 0 aliphatic carbocycles. The van der Waals surface area contributed by atoms with Gasteiger partial charge in [-0.05, 0) is 6.42 Å². The number of carbonyl (C=O) groups is 1. The molecular formula is C16H24FN3O5S. The van der Waals surface area contributed by atoms with E-state index in [4.69, 9.17) is 14.6 Å². The Kier molecular flexibility index (Phi) is 8.33. The maximum Gasteiger partial charge on any atom is 0.412 e. The van der Waals surface area contributed by atoms with Crippen LogP contribution in [0.15, 0.2) is 11.0 Å². The Bertz CT molecular complexity index is 657. The van der Waals surface area contributed by atoms with Crippen molar-refractivity contribution in [3.05, 3.63) is 22.5 Å². The van der Waals surface area contributed by atoms with E-state index in [1.54, 1.807) is 0 Å². The summed E-state index contributed by atoms with van der Waals surface area (Å²) in [5.41, 5.74) is -1.22. The largest absolute Gasteiger partial charge is 0.449 e. The first-order valence-corrected chi connectivity index (χ1v) is 9.70. The highest BCUT2D eigenvalue weighted by atomic mass is 32.2. The van der Waals surface area contributed by atoms with Crippen LogP contribution in [0.3, 0.4) is 0 Å². The number of ether oxygens (including phenoxy) is 2. The van der Waals surface area contributed by atoms with Gasteiger partial charge in [-0.15, -0.1) is 11.8 Å². The first-order valence-electron chi connectivity index (χ1n) is 8.65. The minimum atomic E-state index is -0.870. The van der Waals surface area contributed by atoms with Gasteiger partial charge in [0.1, 0.15) is 11.7 Å². The highest BCUT2D eigenvalue weighted by molar-refractivity contribution is 8.00. The molecule has 2 rings (SSSR count). The zero-order valence-electron chi connectivity index (χ0n) is 14.6. The van der Waals surface area contributed by atoms with E-state index in [2.05, 4.69) is 17.2 Å². The van der Waals surface area contributed by atoms with Crippen molar-refractivity contribution in [3.63, 3.8) is 0 Å². The van der Waals surface area contributed by atoms with E-state index < -0.39 is 35.1 Å². The van der Waals surface area contributed by atoms with Crippen LogP contribution in [-0.4, -0.2) is 45.2 Å². The fourth-order valence-electron chi connectivity index (χ4n) is 2.43. The van der Waals surface area contributed by atoms with Crippen LogP contribution in [0.2, 0.25) is 0 Å². The Morgan fingerprint density at radius 1 is 1.50 bits per heavy atom. The molecule has 146 valence electrons. The van der Waals surface area contributed by atoms with Crippen LogP contribution in [0, 0.1) is 5.82 Å². The molecule has 1 aromatic heterocycles. The van der Waals surface area contributed by atoms with Crippen LogP contribution >= 0.6 is 11.8 Å². The zero-order chi connectivity index (χ0) is 18.9. The van der Waals surface area contributed by atoms with Crippen LogP contribution < -0.4 is 11.0 Å². The minimum absolute atomic E-state index is 0.199. The van der Waals surface area contributed by atoms with Gasteiger partial charge in [-0.3, -0.25) is 9.88 Å². The maximum absolute atomic E-state index is 14.1. The SMILES string of the molecule is CCCCCCCOC(=O)Nc1nc(=O)n([C@@H]2CS[C@H](CO)O2)cc1F. The Morgan fingerprint density at radius 2 is 2.27 bits per heavy atom. The fraction of sp³-hybridized carbons (Fsp3) is 0.688. The molecule has 1 aliphatic rings. The average Bonchev–Trinajstić information content (AvgIpc) is 3.09. The number of thioether (sulfide) groups is 1. The number of hydrogen-bond donors (Lipinski definition) is 2. The fourth-order valence-corrected chi connectivity index (χ4v) is 3.36. The third-order valence-electron chi connectivity index (χ3n) is 3.80. The molecule has 1 fully saturated rings. The van der Waals surface area contributed by atoms with E-state index in [1.807, 2.05) is 0 Å². The molecule has 2 atom stereocenters. The molecule has 0 saturated carbocycles. The average molecular weight is 389 g/mol. The summed E-state index contributed by atoms with van der Waals surface area (Å²) < 4.78 is 25.5. The quantitative estimate of drug-likeness (QED) is 0.626. The summed E-state index contributed by atoms with van der Waals surface area (Å²) in [6.45, 7) is 2.14. The van der Waals surface area contributed by atoms with Crippen molar-refractivity contribution in [2.24, 2.45) is 0 Å². The molecular weight excluding hydrogens is 365 g/mol. The van der Waals surface area contributed by atoms with Gasteiger partial charge in [0.15, 0.2) is 11.6 Å². The second-order valence-electron chi connectivity index (χ2n) is 5.84. The lowest BCUT2D eigenvalue weighted by Gasteiger charge is -2.14. The maximum atomic E-state index is 14.1. The van der Waals surface area contributed by atoms with Crippen LogP contribution in [-0.2, 0) is 9.47 Å².